The Morgan fingerprint density at radius 2 is 1.86 bits per heavy atom. The molecular formula is C22H16Cl2N2O2S. The average molecular weight is 443 g/mol. The van der Waals surface area contributed by atoms with E-state index in [1.807, 2.05) is 23.6 Å². The smallest absolute Gasteiger partial charge is 0.266 e. The van der Waals surface area contributed by atoms with Crippen LogP contribution in [0.15, 0.2) is 66.0 Å². The molecule has 4 rings (SSSR count). The number of ether oxygens (including phenoxy) is 1. The maximum Gasteiger partial charge on any atom is 0.266 e. The summed E-state index contributed by atoms with van der Waals surface area (Å²) in [7, 11) is 0. The van der Waals surface area contributed by atoms with Crippen LogP contribution >= 0.6 is 34.5 Å². The van der Waals surface area contributed by atoms with Crippen molar-refractivity contribution in [3.05, 3.63) is 76.1 Å². The number of nitrogens with one attached hydrogen (secondary N) is 1. The fraction of sp³-hybridized carbons (Fsp3) is 0.0909. The van der Waals surface area contributed by atoms with Crippen molar-refractivity contribution in [2.75, 3.05) is 5.32 Å². The van der Waals surface area contributed by atoms with Crippen LogP contribution in [-0.4, -0.2) is 17.0 Å². The first-order valence-corrected chi connectivity index (χ1v) is 10.5. The molecule has 0 aliphatic carbocycles. The monoisotopic (exact) mass is 442 g/mol. The van der Waals surface area contributed by atoms with E-state index in [1.165, 1.54) is 16.7 Å². The molecule has 1 heterocycles. The number of anilines is 1. The van der Waals surface area contributed by atoms with E-state index >= 15 is 0 Å². The van der Waals surface area contributed by atoms with Crippen LogP contribution in [-0.2, 0) is 4.79 Å². The third-order valence-electron chi connectivity index (χ3n) is 4.35. The van der Waals surface area contributed by atoms with Gasteiger partial charge in [-0.1, -0.05) is 59.6 Å². The molecular weight excluding hydrogens is 427 g/mol. The Morgan fingerprint density at radius 1 is 1.07 bits per heavy atom. The SMILES string of the molecule is CC(Oc1ccc(Cl)cc1Cl)C(=O)Nc1nc(-c2ccc3ccccc3c2)cs1. The lowest BCUT2D eigenvalue weighted by atomic mass is 10.1. The van der Waals surface area contributed by atoms with Crippen LogP contribution in [0.4, 0.5) is 5.13 Å². The van der Waals surface area contributed by atoms with E-state index in [4.69, 9.17) is 27.9 Å². The number of carbonyl (C=O) groups is 1. The lowest BCUT2D eigenvalue weighted by Gasteiger charge is -2.14. The first-order valence-electron chi connectivity index (χ1n) is 8.87. The number of rotatable bonds is 5. The van der Waals surface area contributed by atoms with Gasteiger partial charge in [0.2, 0.25) is 0 Å². The summed E-state index contributed by atoms with van der Waals surface area (Å²) in [6.45, 7) is 1.65. The molecule has 0 spiro atoms. The van der Waals surface area contributed by atoms with Crippen molar-refractivity contribution in [2.24, 2.45) is 0 Å². The maximum absolute atomic E-state index is 12.5. The Balaban J connectivity index is 1.45. The molecule has 4 aromatic rings. The molecule has 7 heteroatoms. The number of fused-ring (bicyclic) bond motifs is 1. The van der Waals surface area contributed by atoms with Crippen LogP contribution in [0.25, 0.3) is 22.0 Å². The standard InChI is InChI=1S/C22H16Cl2N2O2S/c1-13(28-20-9-8-17(23)11-18(20)24)21(27)26-22-25-19(12-29-22)16-7-6-14-4-2-3-5-15(14)10-16/h2-13H,1H3,(H,25,26,27). The normalized spacial score (nSPS) is 12.0. The van der Waals surface area contributed by atoms with Crippen LogP contribution in [0, 0.1) is 0 Å². The summed E-state index contributed by atoms with van der Waals surface area (Å²) < 4.78 is 5.65. The van der Waals surface area contributed by atoms with E-state index < -0.39 is 6.10 Å². The highest BCUT2D eigenvalue weighted by Gasteiger charge is 2.18. The molecule has 146 valence electrons. The lowest BCUT2D eigenvalue weighted by molar-refractivity contribution is -0.122. The van der Waals surface area contributed by atoms with Crippen molar-refractivity contribution in [3.63, 3.8) is 0 Å². The molecule has 0 fully saturated rings. The molecule has 1 amide bonds. The topological polar surface area (TPSA) is 51.2 Å². The number of hydrogen-bond acceptors (Lipinski definition) is 4. The van der Waals surface area contributed by atoms with E-state index in [9.17, 15) is 4.79 Å². The maximum atomic E-state index is 12.5. The quantitative estimate of drug-likeness (QED) is 0.375. The molecule has 0 radical (unpaired) electrons. The minimum atomic E-state index is -0.748. The number of halogens is 2. The van der Waals surface area contributed by atoms with Gasteiger partial charge in [0.1, 0.15) is 5.75 Å². The summed E-state index contributed by atoms with van der Waals surface area (Å²) in [6, 6.07) is 19.2. The van der Waals surface area contributed by atoms with Gasteiger partial charge < -0.3 is 4.74 Å². The molecule has 0 saturated carbocycles. The predicted molar refractivity (Wildman–Crippen MR) is 120 cm³/mol. The van der Waals surface area contributed by atoms with Gasteiger partial charge in [-0.3, -0.25) is 10.1 Å². The summed E-state index contributed by atoms with van der Waals surface area (Å²) in [5, 5.41) is 8.39. The van der Waals surface area contributed by atoms with Crippen molar-refractivity contribution in [1.82, 2.24) is 4.98 Å². The average Bonchev–Trinajstić information content (AvgIpc) is 3.18. The molecule has 0 bridgehead atoms. The van der Waals surface area contributed by atoms with E-state index in [1.54, 1.807) is 25.1 Å². The fourth-order valence-electron chi connectivity index (χ4n) is 2.83. The van der Waals surface area contributed by atoms with Crippen LogP contribution in [0.2, 0.25) is 10.0 Å². The minimum absolute atomic E-state index is 0.310. The van der Waals surface area contributed by atoms with E-state index in [-0.39, 0.29) is 5.91 Å². The lowest BCUT2D eigenvalue weighted by Crippen LogP contribution is -2.30. The highest BCUT2D eigenvalue weighted by molar-refractivity contribution is 7.14. The van der Waals surface area contributed by atoms with E-state index in [0.717, 1.165) is 16.6 Å². The number of carbonyl (C=O) groups excluding carboxylic acids is 1. The second-order valence-electron chi connectivity index (χ2n) is 6.42. The number of amides is 1. The van der Waals surface area contributed by atoms with Crippen molar-refractivity contribution in [2.45, 2.75) is 13.0 Å². The largest absolute Gasteiger partial charge is 0.479 e. The van der Waals surface area contributed by atoms with Crippen LogP contribution in [0.5, 0.6) is 5.75 Å². The van der Waals surface area contributed by atoms with Crippen LogP contribution in [0.1, 0.15) is 6.92 Å². The zero-order chi connectivity index (χ0) is 20.4. The predicted octanol–water partition coefficient (Wildman–Crippen LogP) is 6.68. The molecule has 3 aromatic carbocycles. The second kappa shape index (κ2) is 8.41. The molecule has 0 saturated heterocycles. The molecule has 1 atom stereocenters. The van der Waals surface area contributed by atoms with Gasteiger partial charge in [0.15, 0.2) is 11.2 Å². The van der Waals surface area contributed by atoms with Crippen molar-refractivity contribution in [3.8, 4) is 17.0 Å². The van der Waals surface area contributed by atoms with Crippen LogP contribution in [0.3, 0.4) is 0 Å². The third kappa shape index (κ3) is 4.53. The van der Waals surface area contributed by atoms with Gasteiger partial charge in [-0.05, 0) is 42.0 Å². The number of thiazole rings is 1. The Morgan fingerprint density at radius 3 is 2.66 bits per heavy atom. The molecule has 1 unspecified atom stereocenters. The summed E-state index contributed by atoms with van der Waals surface area (Å²) in [4.78, 5) is 17.0. The Bertz CT molecular complexity index is 1190. The summed E-state index contributed by atoms with van der Waals surface area (Å²) in [5.74, 6) is 0.0881. The van der Waals surface area contributed by atoms with Gasteiger partial charge in [0, 0.05) is 16.0 Å². The second-order valence-corrected chi connectivity index (χ2v) is 8.13. The van der Waals surface area contributed by atoms with E-state index in [0.29, 0.717) is 20.9 Å². The number of nitrogens with zero attached hydrogens (tertiary/aromatic N) is 1. The van der Waals surface area contributed by atoms with Crippen molar-refractivity contribution in [1.29, 1.82) is 0 Å². The zero-order valence-electron chi connectivity index (χ0n) is 15.4. The first kappa shape index (κ1) is 19.7. The zero-order valence-corrected chi connectivity index (χ0v) is 17.7. The van der Waals surface area contributed by atoms with E-state index in [2.05, 4.69) is 34.6 Å². The minimum Gasteiger partial charge on any atom is -0.479 e. The molecule has 29 heavy (non-hydrogen) atoms. The van der Waals surface area contributed by atoms with Crippen LogP contribution < -0.4 is 10.1 Å². The summed E-state index contributed by atoms with van der Waals surface area (Å²) >= 11 is 13.3. The molecule has 0 aliphatic heterocycles. The highest BCUT2D eigenvalue weighted by Crippen LogP contribution is 2.30. The highest BCUT2D eigenvalue weighted by atomic mass is 35.5. The molecule has 1 N–H and O–H groups in total. The molecule has 1 aromatic heterocycles. The van der Waals surface area contributed by atoms with Crippen molar-refractivity contribution < 1.29 is 9.53 Å². The third-order valence-corrected chi connectivity index (χ3v) is 5.63. The summed E-state index contributed by atoms with van der Waals surface area (Å²) in [5.41, 5.74) is 1.81. The Hall–Kier alpha value is -2.60. The number of hydrogen-bond donors (Lipinski definition) is 1. The first-order chi connectivity index (χ1) is 14.0. The number of benzene rings is 3. The summed E-state index contributed by atoms with van der Waals surface area (Å²) in [6.07, 6.45) is -0.748. The van der Waals surface area contributed by atoms with Gasteiger partial charge in [-0.2, -0.15) is 0 Å². The van der Waals surface area contributed by atoms with Gasteiger partial charge >= 0.3 is 0 Å². The van der Waals surface area contributed by atoms with Gasteiger partial charge in [0.05, 0.1) is 10.7 Å². The number of aromatic nitrogens is 1. The van der Waals surface area contributed by atoms with Gasteiger partial charge in [-0.25, -0.2) is 4.98 Å². The molecule has 4 nitrogen and oxygen atoms in total. The Kier molecular flexibility index (Phi) is 5.72. The van der Waals surface area contributed by atoms with Gasteiger partial charge in [0.25, 0.3) is 5.91 Å². The Labute approximate surface area is 182 Å². The van der Waals surface area contributed by atoms with Crippen molar-refractivity contribution >= 4 is 56.3 Å². The fourth-order valence-corrected chi connectivity index (χ4v) is 4.01. The molecule has 0 aliphatic rings. The van der Waals surface area contributed by atoms with Gasteiger partial charge in [-0.15, -0.1) is 11.3 Å².